The highest BCUT2D eigenvalue weighted by Crippen LogP contribution is 2.31. The fraction of sp³-hybridized carbons (Fsp3) is 0.633. The smallest absolute Gasteiger partial charge is 0.242 e. The van der Waals surface area contributed by atoms with Gasteiger partial charge in [0.25, 0.3) is 0 Å². The van der Waals surface area contributed by atoms with E-state index in [-0.39, 0.29) is 80.7 Å². The Kier molecular flexibility index (Phi) is 9.68. The van der Waals surface area contributed by atoms with E-state index < -0.39 is 27.6 Å². The molecule has 1 aromatic rings. The Morgan fingerprint density at radius 2 is 1.53 bits per heavy atom. The van der Waals surface area contributed by atoms with Crippen LogP contribution in [0.25, 0.3) is 0 Å². The molecule has 2 atom stereocenters. The molecular formula is C30H41N5O7S. The summed E-state index contributed by atoms with van der Waals surface area (Å²) in [6.07, 6.45) is 3.02. The summed E-state index contributed by atoms with van der Waals surface area (Å²) in [5.74, 6) is -1.94. The van der Waals surface area contributed by atoms with E-state index >= 15 is 0 Å². The first-order chi connectivity index (χ1) is 20.6. The quantitative estimate of drug-likeness (QED) is 0.495. The molecular weight excluding hydrogens is 574 g/mol. The Morgan fingerprint density at radius 1 is 0.860 bits per heavy atom. The SMILES string of the molecule is O=C1CN(CC(=O)N2CCS(=O)(=O)CC2)C(=O)C[C@H]2CN(CC[C@H]2CC(=O)N2CCCC2)C(=O)Cc2ccccc2CN1. The Balaban J connectivity index is 1.38. The van der Waals surface area contributed by atoms with E-state index in [1.54, 1.807) is 4.90 Å². The summed E-state index contributed by atoms with van der Waals surface area (Å²) in [6.45, 7) is 1.89. The molecule has 1 N–H and O–H groups in total. The number of carbonyl (C=O) groups is 5. The summed E-state index contributed by atoms with van der Waals surface area (Å²) < 4.78 is 23.7. The minimum absolute atomic E-state index is 0.00669. The van der Waals surface area contributed by atoms with Gasteiger partial charge < -0.3 is 24.9 Å². The Morgan fingerprint density at radius 3 is 2.26 bits per heavy atom. The number of sulfone groups is 1. The summed E-state index contributed by atoms with van der Waals surface area (Å²) >= 11 is 0. The van der Waals surface area contributed by atoms with Gasteiger partial charge in [-0.25, -0.2) is 8.42 Å². The van der Waals surface area contributed by atoms with Gasteiger partial charge in [0.15, 0.2) is 9.84 Å². The average Bonchev–Trinajstić information content (AvgIpc) is 3.52. The minimum atomic E-state index is -3.20. The number of hydrogen-bond acceptors (Lipinski definition) is 7. The van der Waals surface area contributed by atoms with E-state index in [4.69, 9.17) is 0 Å². The molecule has 13 heteroatoms. The van der Waals surface area contributed by atoms with Gasteiger partial charge in [-0.1, -0.05) is 24.3 Å². The van der Waals surface area contributed by atoms with Gasteiger partial charge in [-0.15, -0.1) is 0 Å². The van der Waals surface area contributed by atoms with Gasteiger partial charge in [0.1, 0.15) is 13.1 Å². The fourth-order valence-electron chi connectivity index (χ4n) is 6.54. The highest BCUT2D eigenvalue weighted by Gasteiger charge is 2.37. The molecule has 0 radical (unpaired) electrons. The maximum atomic E-state index is 13.8. The van der Waals surface area contributed by atoms with Gasteiger partial charge in [0.05, 0.1) is 17.9 Å². The molecule has 5 amide bonds. The first-order valence-corrected chi connectivity index (χ1v) is 17.0. The van der Waals surface area contributed by atoms with Gasteiger partial charge in [-0.3, -0.25) is 24.0 Å². The van der Waals surface area contributed by atoms with Crippen LogP contribution in [0.15, 0.2) is 24.3 Å². The zero-order valence-corrected chi connectivity index (χ0v) is 25.4. The van der Waals surface area contributed by atoms with Gasteiger partial charge in [0, 0.05) is 58.7 Å². The van der Waals surface area contributed by atoms with Crippen LogP contribution in [-0.2, 0) is 46.8 Å². The Labute approximate surface area is 252 Å². The third-order valence-corrected chi connectivity index (χ3v) is 10.8. The molecule has 0 saturated carbocycles. The van der Waals surface area contributed by atoms with Gasteiger partial charge in [-0.2, -0.15) is 0 Å². The van der Waals surface area contributed by atoms with Crippen LogP contribution < -0.4 is 5.32 Å². The standard InChI is InChI=1S/C30H41N5O7S/c36-26-20-35(21-30(40)33-11-13-43(41,42)14-12-33)29(39)17-25-19-34(10-7-23(25)16-27(37)32-8-3-4-9-32)28(38)15-22-5-1-2-6-24(22)18-31-26/h1-2,5-6,23,25H,3-4,7-21H2,(H,31,36)/t23-,25-/m0/s1. The van der Waals surface area contributed by atoms with Crippen LogP contribution >= 0.6 is 0 Å². The van der Waals surface area contributed by atoms with Crippen LogP contribution in [0.5, 0.6) is 0 Å². The number of amides is 5. The first kappa shape index (κ1) is 31.0. The second-order valence-electron chi connectivity index (χ2n) is 12.1. The molecule has 0 aromatic heterocycles. The Hall–Kier alpha value is -3.48. The van der Waals surface area contributed by atoms with Gasteiger partial charge in [0.2, 0.25) is 29.5 Å². The summed E-state index contributed by atoms with van der Waals surface area (Å²) in [5, 5.41) is 2.83. The predicted octanol–water partition coefficient (Wildman–Crippen LogP) is -0.188. The van der Waals surface area contributed by atoms with Crippen LogP contribution in [0.1, 0.15) is 43.2 Å². The number of nitrogens with zero attached hydrogens (tertiary/aromatic N) is 4. The van der Waals surface area contributed by atoms with Crippen LogP contribution in [0.4, 0.5) is 0 Å². The fourth-order valence-corrected chi connectivity index (χ4v) is 7.74. The van der Waals surface area contributed by atoms with Crippen LogP contribution in [-0.4, -0.2) is 121 Å². The third kappa shape index (κ3) is 7.92. The molecule has 12 nitrogen and oxygen atoms in total. The van der Waals surface area contributed by atoms with Crippen molar-refractivity contribution in [1.29, 1.82) is 0 Å². The number of nitrogens with one attached hydrogen (secondary N) is 1. The van der Waals surface area contributed by atoms with E-state index in [9.17, 15) is 32.4 Å². The average molecular weight is 616 g/mol. The molecule has 2 bridgehead atoms. The molecule has 4 aliphatic heterocycles. The highest BCUT2D eigenvalue weighted by molar-refractivity contribution is 7.91. The lowest BCUT2D eigenvalue weighted by molar-refractivity contribution is -0.144. The first-order valence-electron chi connectivity index (χ1n) is 15.2. The van der Waals surface area contributed by atoms with Crippen LogP contribution in [0, 0.1) is 11.8 Å². The van der Waals surface area contributed by atoms with Crippen molar-refractivity contribution < 1.29 is 32.4 Å². The van der Waals surface area contributed by atoms with Crippen LogP contribution in [0.2, 0.25) is 0 Å². The summed E-state index contributed by atoms with van der Waals surface area (Å²) in [6, 6.07) is 7.42. The lowest BCUT2D eigenvalue weighted by Crippen LogP contribution is -2.52. The number of rotatable bonds is 4. The zero-order valence-electron chi connectivity index (χ0n) is 24.5. The molecule has 0 spiro atoms. The molecule has 5 rings (SSSR count). The molecule has 3 saturated heterocycles. The summed E-state index contributed by atoms with van der Waals surface area (Å²) in [5.41, 5.74) is 1.61. The zero-order chi connectivity index (χ0) is 30.6. The highest BCUT2D eigenvalue weighted by atomic mass is 32.2. The van der Waals surface area contributed by atoms with Crippen molar-refractivity contribution in [2.75, 3.05) is 63.9 Å². The molecule has 0 aliphatic carbocycles. The number of benzene rings is 1. The monoisotopic (exact) mass is 615 g/mol. The normalized spacial score (nSPS) is 25.2. The van der Waals surface area contributed by atoms with Gasteiger partial charge >= 0.3 is 0 Å². The maximum absolute atomic E-state index is 13.8. The van der Waals surface area contributed by atoms with E-state index in [1.165, 1.54) is 9.80 Å². The second kappa shape index (κ2) is 13.4. The Bertz CT molecular complexity index is 1350. The molecule has 4 aliphatic rings. The number of fused-ring (bicyclic) bond motifs is 3. The minimum Gasteiger partial charge on any atom is -0.350 e. The number of likely N-dealkylation sites (tertiary alicyclic amines) is 1. The predicted molar refractivity (Wildman–Crippen MR) is 157 cm³/mol. The van der Waals surface area contributed by atoms with Crippen molar-refractivity contribution in [1.82, 2.24) is 24.9 Å². The van der Waals surface area contributed by atoms with E-state index in [2.05, 4.69) is 5.32 Å². The number of hydrogen-bond donors (Lipinski definition) is 1. The maximum Gasteiger partial charge on any atom is 0.242 e. The van der Waals surface area contributed by atoms with Gasteiger partial charge in [-0.05, 0) is 42.2 Å². The van der Waals surface area contributed by atoms with Crippen molar-refractivity contribution in [2.45, 2.75) is 45.1 Å². The lowest BCUT2D eigenvalue weighted by atomic mass is 9.80. The van der Waals surface area contributed by atoms with Crippen molar-refractivity contribution >= 4 is 39.4 Å². The second-order valence-corrected chi connectivity index (χ2v) is 14.5. The van der Waals surface area contributed by atoms with Crippen molar-refractivity contribution in [3.63, 3.8) is 0 Å². The third-order valence-electron chi connectivity index (χ3n) is 9.22. The van der Waals surface area contributed by atoms with Crippen molar-refractivity contribution in [3.8, 4) is 0 Å². The lowest BCUT2D eigenvalue weighted by Gasteiger charge is -2.40. The number of piperidine rings is 1. The molecule has 234 valence electrons. The van der Waals surface area contributed by atoms with Crippen molar-refractivity contribution in [2.24, 2.45) is 11.8 Å². The molecule has 1 aromatic carbocycles. The summed E-state index contributed by atoms with van der Waals surface area (Å²) in [4.78, 5) is 72.9. The van der Waals surface area contributed by atoms with Crippen LogP contribution in [0.3, 0.4) is 0 Å². The summed E-state index contributed by atoms with van der Waals surface area (Å²) in [7, 11) is -3.20. The number of carbonyl (C=O) groups excluding carboxylic acids is 5. The topological polar surface area (TPSA) is 144 Å². The molecule has 43 heavy (non-hydrogen) atoms. The largest absolute Gasteiger partial charge is 0.350 e. The van der Waals surface area contributed by atoms with Crippen molar-refractivity contribution in [3.05, 3.63) is 35.4 Å². The molecule has 3 fully saturated rings. The van der Waals surface area contributed by atoms with E-state index in [1.807, 2.05) is 29.2 Å². The van der Waals surface area contributed by atoms with E-state index in [0.717, 1.165) is 37.1 Å². The molecule has 0 unspecified atom stereocenters. The van der Waals surface area contributed by atoms with E-state index in [0.29, 0.717) is 25.9 Å². The molecule has 4 heterocycles.